The van der Waals surface area contributed by atoms with Gasteiger partial charge in [0.15, 0.2) is 5.13 Å². The van der Waals surface area contributed by atoms with Gasteiger partial charge in [-0.25, -0.2) is 4.98 Å². The minimum Gasteiger partial charge on any atom is -0.465 e. The van der Waals surface area contributed by atoms with Gasteiger partial charge in [-0.05, 0) is 13.8 Å². The van der Waals surface area contributed by atoms with Crippen molar-refractivity contribution in [1.29, 1.82) is 0 Å². The molecule has 0 unspecified atom stereocenters. The summed E-state index contributed by atoms with van der Waals surface area (Å²) in [6.07, 6.45) is 0. The molecular formula is C8H12N2O2S. The van der Waals surface area contributed by atoms with E-state index >= 15 is 0 Å². The van der Waals surface area contributed by atoms with Crippen molar-refractivity contribution in [3.63, 3.8) is 0 Å². The second kappa shape index (κ2) is 4.81. The van der Waals surface area contributed by atoms with Gasteiger partial charge in [-0.3, -0.25) is 4.79 Å². The number of nitrogens with one attached hydrogen (secondary N) is 1. The fourth-order valence-corrected chi connectivity index (χ4v) is 1.48. The summed E-state index contributed by atoms with van der Waals surface area (Å²) in [7, 11) is 0. The van der Waals surface area contributed by atoms with Crippen molar-refractivity contribution in [3.8, 4) is 0 Å². The summed E-state index contributed by atoms with van der Waals surface area (Å²) in [5, 5.41) is 5.56. The van der Waals surface area contributed by atoms with Crippen LogP contribution in [-0.2, 0) is 9.53 Å². The van der Waals surface area contributed by atoms with Crippen LogP contribution in [0.4, 0.5) is 5.13 Å². The van der Waals surface area contributed by atoms with Crippen LogP contribution in [0.15, 0.2) is 5.38 Å². The van der Waals surface area contributed by atoms with E-state index in [4.69, 9.17) is 4.74 Å². The van der Waals surface area contributed by atoms with Crippen molar-refractivity contribution in [2.45, 2.75) is 13.8 Å². The molecule has 1 rings (SSSR count). The number of hydrogen-bond acceptors (Lipinski definition) is 5. The molecule has 1 aromatic rings. The van der Waals surface area contributed by atoms with Gasteiger partial charge in [-0.2, -0.15) is 0 Å². The molecule has 0 fully saturated rings. The lowest BCUT2D eigenvalue weighted by molar-refractivity contribution is -0.140. The summed E-state index contributed by atoms with van der Waals surface area (Å²) >= 11 is 1.48. The Kier molecular flexibility index (Phi) is 3.70. The lowest BCUT2D eigenvalue weighted by atomic mass is 10.6. The fraction of sp³-hybridized carbons (Fsp3) is 0.500. The van der Waals surface area contributed by atoms with Crippen molar-refractivity contribution >= 4 is 22.4 Å². The van der Waals surface area contributed by atoms with Crippen LogP contribution >= 0.6 is 11.3 Å². The van der Waals surface area contributed by atoms with Crippen LogP contribution in [0, 0.1) is 6.92 Å². The maximum absolute atomic E-state index is 10.9. The van der Waals surface area contributed by atoms with Crippen LogP contribution in [0.5, 0.6) is 0 Å². The highest BCUT2D eigenvalue weighted by Gasteiger charge is 2.02. The van der Waals surface area contributed by atoms with Crippen molar-refractivity contribution in [1.82, 2.24) is 4.98 Å². The van der Waals surface area contributed by atoms with Gasteiger partial charge in [0.25, 0.3) is 0 Å². The van der Waals surface area contributed by atoms with E-state index in [1.807, 2.05) is 12.3 Å². The predicted molar refractivity (Wildman–Crippen MR) is 52.0 cm³/mol. The molecule has 0 bridgehead atoms. The van der Waals surface area contributed by atoms with Gasteiger partial charge in [-0.1, -0.05) is 0 Å². The smallest absolute Gasteiger partial charge is 0.325 e. The summed E-state index contributed by atoms with van der Waals surface area (Å²) in [4.78, 5) is 15.1. The van der Waals surface area contributed by atoms with E-state index in [1.165, 1.54) is 11.3 Å². The van der Waals surface area contributed by atoms with Crippen LogP contribution in [0.2, 0.25) is 0 Å². The van der Waals surface area contributed by atoms with Gasteiger partial charge in [0.1, 0.15) is 6.54 Å². The molecule has 5 heteroatoms. The quantitative estimate of drug-likeness (QED) is 0.747. The van der Waals surface area contributed by atoms with Crippen LogP contribution in [0.3, 0.4) is 0 Å². The number of aryl methyl sites for hydroxylation is 1. The van der Waals surface area contributed by atoms with Crippen LogP contribution in [0.25, 0.3) is 0 Å². The highest BCUT2D eigenvalue weighted by atomic mass is 32.1. The summed E-state index contributed by atoms with van der Waals surface area (Å²) in [6, 6.07) is 0. The van der Waals surface area contributed by atoms with Crippen LogP contribution in [-0.4, -0.2) is 24.1 Å². The zero-order valence-electron chi connectivity index (χ0n) is 7.66. The zero-order valence-corrected chi connectivity index (χ0v) is 8.48. The lowest BCUT2D eigenvalue weighted by Crippen LogP contribution is -2.16. The first-order chi connectivity index (χ1) is 6.22. The number of carbonyl (C=O) groups is 1. The first-order valence-corrected chi connectivity index (χ1v) is 4.92. The fourth-order valence-electron chi connectivity index (χ4n) is 0.795. The van der Waals surface area contributed by atoms with E-state index in [2.05, 4.69) is 10.3 Å². The highest BCUT2D eigenvalue weighted by Crippen LogP contribution is 2.13. The van der Waals surface area contributed by atoms with Gasteiger partial charge in [0.05, 0.1) is 12.3 Å². The standard InChI is InChI=1S/C8H12N2O2S/c1-3-12-7(11)4-9-8-10-6(2)5-13-8/h5H,3-4H2,1-2H3,(H,9,10). The Balaban J connectivity index is 2.30. The van der Waals surface area contributed by atoms with Crippen LogP contribution in [0.1, 0.15) is 12.6 Å². The van der Waals surface area contributed by atoms with Crippen molar-refractivity contribution < 1.29 is 9.53 Å². The minimum absolute atomic E-state index is 0.181. The van der Waals surface area contributed by atoms with E-state index in [9.17, 15) is 4.79 Å². The van der Waals surface area contributed by atoms with Crippen LogP contribution < -0.4 is 5.32 Å². The number of hydrogen-bond donors (Lipinski definition) is 1. The molecule has 72 valence electrons. The Bertz CT molecular complexity index is 285. The average Bonchev–Trinajstić information content (AvgIpc) is 2.49. The molecule has 0 atom stereocenters. The summed E-state index contributed by atoms with van der Waals surface area (Å²) in [5.74, 6) is -0.254. The molecule has 13 heavy (non-hydrogen) atoms. The molecule has 0 radical (unpaired) electrons. The van der Waals surface area contributed by atoms with Gasteiger partial charge < -0.3 is 10.1 Å². The van der Waals surface area contributed by atoms with Gasteiger partial charge in [0, 0.05) is 5.38 Å². The van der Waals surface area contributed by atoms with E-state index in [-0.39, 0.29) is 12.5 Å². The Morgan fingerprint density at radius 3 is 3.08 bits per heavy atom. The Morgan fingerprint density at radius 1 is 1.77 bits per heavy atom. The minimum atomic E-state index is -0.254. The molecule has 1 heterocycles. The SMILES string of the molecule is CCOC(=O)CNc1nc(C)cs1. The highest BCUT2D eigenvalue weighted by molar-refractivity contribution is 7.13. The topological polar surface area (TPSA) is 51.2 Å². The third kappa shape index (κ3) is 3.42. The molecular weight excluding hydrogens is 188 g/mol. The number of anilines is 1. The molecule has 0 aromatic carbocycles. The molecule has 4 nitrogen and oxygen atoms in total. The zero-order chi connectivity index (χ0) is 9.68. The number of nitrogens with zero attached hydrogens (tertiary/aromatic N) is 1. The molecule has 0 aliphatic rings. The number of thiazole rings is 1. The lowest BCUT2D eigenvalue weighted by Gasteiger charge is -2.01. The number of ether oxygens (including phenoxy) is 1. The van der Waals surface area contributed by atoms with Gasteiger partial charge in [0.2, 0.25) is 0 Å². The number of aromatic nitrogens is 1. The molecule has 1 aromatic heterocycles. The maximum Gasteiger partial charge on any atom is 0.325 e. The molecule has 0 spiro atoms. The molecule has 0 amide bonds. The molecule has 0 aliphatic heterocycles. The summed E-state index contributed by atoms with van der Waals surface area (Å²) in [5.41, 5.74) is 0.955. The maximum atomic E-state index is 10.9. The van der Waals surface area contributed by atoms with Crippen molar-refractivity contribution in [3.05, 3.63) is 11.1 Å². The Morgan fingerprint density at radius 2 is 2.54 bits per heavy atom. The monoisotopic (exact) mass is 200 g/mol. The molecule has 0 saturated heterocycles. The molecule has 1 N–H and O–H groups in total. The third-order valence-corrected chi connectivity index (χ3v) is 2.23. The second-order valence-electron chi connectivity index (χ2n) is 2.45. The summed E-state index contributed by atoms with van der Waals surface area (Å²) in [6.45, 7) is 4.29. The largest absolute Gasteiger partial charge is 0.465 e. The average molecular weight is 200 g/mol. The molecule has 0 aliphatic carbocycles. The summed E-state index contributed by atoms with van der Waals surface area (Å²) < 4.78 is 4.75. The third-order valence-electron chi connectivity index (χ3n) is 1.31. The Hall–Kier alpha value is -1.10. The first kappa shape index (κ1) is 9.98. The number of rotatable bonds is 4. The number of esters is 1. The second-order valence-corrected chi connectivity index (χ2v) is 3.31. The van der Waals surface area contributed by atoms with Gasteiger partial charge in [-0.15, -0.1) is 11.3 Å². The van der Waals surface area contributed by atoms with E-state index in [0.29, 0.717) is 6.61 Å². The number of carbonyl (C=O) groups excluding carboxylic acids is 1. The van der Waals surface area contributed by atoms with E-state index < -0.39 is 0 Å². The van der Waals surface area contributed by atoms with Crippen molar-refractivity contribution in [2.24, 2.45) is 0 Å². The van der Waals surface area contributed by atoms with Crippen molar-refractivity contribution in [2.75, 3.05) is 18.5 Å². The molecule has 0 saturated carbocycles. The van der Waals surface area contributed by atoms with Gasteiger partial charge >= 0.3 is 5.97 Å². The van der Waals surface area contributed by atoms with E-state index in [0.717, 1.165) is 10.8 Å². The normalized spacial score (nSPS) is 9.69. The van der Waals surface area contributed by atoms with E-state index in [1.54, 1.807) is 6.92 Å². The first-order valence-electron chi connectivity index (χ1n) is 4.04. The Labute approximate surface area is 80.9 Å². The predicted octanol–water partition coefficient (Wildman–Crippen LogP) is 1.43.